The first-order valence-electron chi connectivity index (χ1n) is 7.35. The molecule has 0 aliphatic heterocycles. The Morgan fingerprint density at radius 2 is 1.83 bits per heavy atom. The van der Waals surface area contributed by atoms with Gasteiger partial charge in [-0.2, -0.15) is 0 Å². The highest BCUT2D eigenvalue weighted by Gasteiger charge is 2.12. The van der Waals surface area contributed by atoms with Gasteiger partial charge in [-0.3, -0.25) is 14.6 Å². The van der Waals surface area contributed by atoms with Gasteiger partial charge in [0.05, 0.1) is 0 Å². The first kappa shape index (κ1) is 17.5. The second-order valence-corrected chi connectivity index (χ2v) is 5.22. The van der Waals surface area contributed by atoms with E-state index in [-0.39, 0.29) is 30.5 Å². The number of aromatic nitrogens is 1. The van der Waals surface area contributed by atoms with Crippen molar-refractivity contribution in [2.75, 3.05) is 11.9 Å². The Morgan fingerprint density at radius 1 is 1.12 bits per heavy atom. The van der Waals surface area contributed by atoms with Crippen molar-refractivity contribution in [3.05, 3.63) is 59.9 Å². The molecular weight excluding hydrogens is 316 g/mol. The topological polar surface area (TPSA) is 62.3 Å². The van der Waals surface area contributed by atoms with Crippen LogP contribution in [0.4, 0.5) is 14.5 Å². The molecule has 5 nitrogen and oxygen atoms in total. The van der Waals surface area contributed by atoms with Crippen LogP contribution in [0.3, 0.4) is 0 Å². The van der Waals surface area contributed by atoms with E-state index >= 15 is 0 Å². The quantitative estimate of drug-likeness (QED) is 0.884. The molecule has 1 heterocycles. The second kappa shape index (κ2) is 8.14. The molecule has 2 rings (SSSR count). The third kappa shape index (κ3) is 5.12. The van der Waals surface area contributed by atoms with Crippen LogP contribution in [0.15, 0.2) is 42.7 Å². The van der Waals surface area contributed by atoms with Gasteiger partial charge in [-0.1, -0.05) is 0 Å². The Balaban J connectivity index is 1.90. The minimum absolute atomic E-state index is 0.0453. The Bertz CT molecular complexity index is 723. The number of anilines is 1. The molecule has 0 spiro atoms. The number of halogens is 2. The van der Waals surface area contributed by atoms with E-state index in [1.807, 2.05) is 0 Å². The van der Waals surface area contributed by atoms with Gasteiger partial charge >= 0.3 is 0 Å². The van der Waals surface area contributed by atoms with Gasteiger partial charge in [-0.15, -0.1) is 0 Å². The first-order valence-corrected chi connectivity index (χ1v) is 7.35. The summed E-state index contributed by atoms with van der Waals surface area (Å²) in [7, 11) is 0. The largest absolute Gasteiger partial charge is 0.338 e. The Morgan fingerprint density at radius 3 is 2.46 bits per heavy atom. The lowest BCUT2D eigenvalue weighted by Gasteiger charge is -2.20. The zero-order valence-corrected chi connectivity index (χ0v) is 13.1. The predicted octanol–water partition coefficient (Wildman–Crippen LogP) is 2.74. The highest BCUT2D eigenvalue weighted by molar-refractivity contribution is 5.91. The number of amides is 2. The summed E-state index contributed by atoms with van der Waals surface area (Å²) < 4.78 is 26.0. The van der Waals surface area contributed by atoms with Crippen LogP contribution in [0.25, 0.3) is 0 Å². The Hall–Kier alpha value is -2.83. The van der Waals surface area contributed by atoms with Gasteiger partial charge in [0.1, 0.15) is 0 Å². The van der Waals surface area contributed by atoms with Crippen molar-refractivity contribution >= 4 is 17.5 Å². The molecule has 7 heteroatoms. The molecule has 1 aromatic heterocycles. The van der Waals surface area contributed by atoms with Crippen LogP contribution in [0.1, 0.15) is 18.9 Å². The zero-order valence-electron chi connectivity index (χ0n) is 13.1. The smallest absolute Gasteiger partial charge is 0.226 e. The Kier molecular flexibility index (Phi) is 5.95. The SMILES string of the molecule is CC(=O)N(CCC(=O)Nc1ccc(F)c(F)c1)Cc1ccncc1. The fraction of sp³-hybridized carbons (Fsp3) is 0.235. The van der Waals surface area contributed by atoms with E-state index in [1.54, 1.807) is 24.5 Å². The molecule has 0 saturated heterocycles. The summed E-state index contributed by atoms with van der Waals surface area (Å²) in [5.41, 5.74) is 1.07. The van der Waals surface area contributed by atoms with Crippen LogP contribution in [-0.4, -0.2) is 28.2 Å². The van der Waals surface area contributed by atoms with Crippen LogP contribution in [-0.2, 0) is 16.1 Å². The number of carbonyl (C=O) groups excluding carboxylic acids is 2. The third-order valence-corrected chi connectivity index (χ3v) is 3.38. The van der Waals surface area contributed by atoms with Crippen LogP contribution in [0.5, 0.6) is 0 Å². The number of hydrogen-bond acceptors (Lipinski definition) is 3. The van der Waals surface area contributed by atoms with Crippen molar-refractivity contribution in [1.82, 2.24) is 9.88 Å². The fourth-order valence-electron chi connectivity index (χ4n) is 2.09. The maximum atomic E-state index is 13.1. The normalized spacial score (nSPS) is 10.3. The summed E-state index contributed by atoms with van der Waals surface area (Å²) in [6.45, 7) is 2.01. The lowest BCUT2D eigenvalue weighted by Crippen LogP contribution is -2.31. The number of nitrogens with zero attached hydrogens (tertiary/aromatic N) is 2. The van der Waals surface area contributed by atoms with Crippen molar-refractivity contribution < 1.29 is 18.4 Å². The van der Waals surface area contributed by atoms with Crippen LogP contribution < -0.4 is 5.32 Å². The molecule has 0 unspecified atom stereocenters. The molecule has 0 radical (unpaired) electrons. The number of pyridine rings is 1. The number of rotatable bonds is 6. The van der Waals surface area contributed by atoms with Gasteiger partial charge < -0.3 is 10.2 Å². The van der Waals surface area contributed by atoms with Crippen molar-refractivity contribution in [3.63, 3.8) is 0 Å². The number of carbonyl (C=O) groups is 2. The summed E-state index contributed by atoms with van der Waals surface area (Å²) in [4.78, 5) is 29.0. The van der Waals surface area contributed by atoms with E-state index in [1.165, 1.54) is 17.9 Å². The lowest BCUT2D eigenvalue weighted by atomic mass is 10.2. The van der Waals surface area contributed by atoms with Gasteiger partial charge in [-0.05, 0) is 29.8 Å². The maximum Gasteiger partial charge on any atom is 0.226 e. The molecule has 0 atom stereocenters. The van der Waals surface area contributed by atoms with Crippen molar-refractivity contribution in [2.45, 2.75) is 19.9 Å². The average molecular weight is 333 g/mol. The molecule has 1 aromatic carbocycles. The number of hydrogen-bond donors (Lipinski definition) is 1. The summed E-state index contributed by atoms with van der Waals surface area (Å²) in [5.74, 6) is -2.56. The predicted molar refractivity (Wildman–Crippen MR) is 84.9 cm³/mol. The highest BCUT2D eigenvalue weighted by Crippen LogP contribution is 2.13. The lowest BCUT2D eigenvalue weighted by molar-refractivity contribution is -0.129. The molecule has 24 heavy (non-hydrogen) atoms. The summed E-state index contributed by atoms with van der Waals surface area (Å²) >= 11 is 0. The molecule has 2 amide bonds. The molecule has 0 aliphatic carbocycles. The molecule has 126 valence electrons. The molecule has 0 fully saturated rings. The van der Waals surface area contributed by atoms with Crippen molar-refractivity contribution in [3.8, 4) is 0 Å². The van der Waals surface area contributed by atoms with E-state index in [9.17, 15) is 18.4 Å². The van der Waals surface area contributed by atoms with E-state index in [4.69, 9.17) is 0 Å². The standard InChI is InChI=1S/C17H17F2N3O2/c1-12(23)22(11-13-4-7-20-8-5-13)9-6-17(24)21-14-2-3-15(18)16(19)10-14/h2-5,7-8,10H,6,9,11H2,1H3,(H,21,24). The van der Waals surface area contributed by atoms with Gasteiger partial charge in [0.2, 0.25) is 11.8 Å². The number of benzene rings is 1. The summed E-state index contributed by atoms with van der Waals surface area (Å²) in [5, 5.41) is 2.47. The average Bonchev–Trinajstić information content (AvgIpc) is 2.55. The van der Waals surface area contributed by atoms with E-state index < -0.39 is 11.6 Å². The molecular formula is C17H17F2N3O2. The monoisotopic (exact) mass is 333 g/mol. The summed E-state index contributed by atoms with van der Waals surface area (Å²) in [6, 6.07) is 6.70. The van der Waals surface area contributed by atoms with Gasteiger partial charge in [0.25, 0.3) is 0 Å². The van der Waals surface area contributed by atoms with Crippen molar-refractivity contribution in [2.24, 2.45) is 0 Å². The fourth-order valence-corrected chi connectivity index (χ4v) is 2.09. The van der Waals surface area contributed by atoms with Crippen LogP contribution in [0.2, 0.25) is 0 Å². The molecule has 0 bridgehead atoms. The van der Waals surface area contributed by atoms with Gasteiger partial charge in [0.15, 0.2) is 11.6 Å². The number of nitrogens with one attached hydrogen (secondary N) is 1. The minimum Gasteiger partial charge on any atom is -0.338 e. The molecule has 0 saturated carbocycles. The van der Waals surface area contributed by atoms with E-state index in [0.717, 1.165) is 17.7 Å². The highest BCUT2D eigenvalue weighted by atomic mass is 19.2. The van der Waals surface area contributed by atoms with Crippen molar-refractivity contribution in [1.29, 1.82) is 0 Å². The van der Waals surface area contributed by atoms with E-state index in [2.05, 4.69) is 10.3 Å². The zero-order chi connectivity index (χ0) is 17.5. The Labute approximate surface area is 138 Å². The second-order valence-electron chi connectivity index (χ2n) is 5.22. The van der Waals surface area contributed by atoms with Crippen LogP contribution >= 0.6 is 0 Å². The first-order chi connectivity index (χ1) is 11.5. The van der Waals surface area contributed by atoms with E-state index in [0.29, 0.717) is 6.54 Å². The molecule has 2 aromatic rings. The maximum absolute atomic E-state index is 13.1. The summed E-state index contributed by atoms with van der Waals surface area (Å²) in [6.07, 6.45) is 3.30. The van der Waals surface area contributed by atoms with Crippen LogP contribution in [0, 0.1) is 11.6 Å². The molecule has 0 aliphatic rings. The van der Waals surface area contributed by atoms with Gasteiger partial charge in [-0.25, -0.2) is 8.78 Å². The third-order valence-electron chi connectivity index (χ3n) is 3.38. The van der Waals surface area contributed by atoms with Gasteiger partial charge in [0, 0.05) is 50.6 Å². The molecule has 1 N–H and O–H groups in total. The minimum atomic E-state index is -1.03.